The Kier molecular flexibility index (Phi) is 11.3. The van der Waals surface area contributed by atoms with Crippen LogP contribution in [0.25, 0.3) is 0 Å². The minimum atomic E-state index is -1.30. The molecule has 2 aromatic rings. The van der Waals surface area contributed by atoms with E-state index >= 15 is 0 Å². The van der Waals surface area contributed by atoms with E-state index in [0.717, 1.165) is 32.3 Å². The van der Waals surface area contributed by atoms with E-state index in [0.29, 0.717) is 41.2 Å². The third kappa shape index (κ3) is 8.55. The summed E-state index contributed by atoms with van der Waals surface area (Å²) in [4.78, 5) is 60.0. The zero-order valence-electron chi connectivity index (χ0n) is 26.0. The SMILES string of the molecule is CC(=O)OC[C@H]1O[C@@H](c2ccc(Cl)c(Cc3ccc(OC4(C(=O)O)CCCC4)cc3)c2)[C@H](OC(C)=O)[C@@H](OC(C)=O)[C@@H]1OC(C)=O. The van der Waals surface area contributed by atoms with Gasteiger partial charge in [0.15, 0.2) is 18.3 Å². The van der Waals surface area contributed by atoms with Gasteiger partial charge in [-0.25, -0.2) is 4.79 Å². The summed E-state index contributed by atoms with van der Waals surface area (Å²) in [7, 11) is 0. The van der Waals surface area contributed by atoms with Gasteiger partial charge in [-0.15, -0.1) is 0 Å². The van der Waals surface area contributed by atoms with Crippen LogP contribution in [-0.4, -0.2) is 71.6 Å². The molecule has 0 spiro atoms. The van der Waals surface area contributed by atoms with E-state index < -0.39 is 66.0 Å². The topological polar surface area (TPSA) is 161 Å². The normalized spacial score (nSPS) is 23.5. The van der Waals surface area contributed by atoms with E-state index in [2.05, 4.69) is 0 Å². The van der Waals surface area contributed by atoms with Crippen molar-refractivity contribution in [1.82, 2.24) is 0 Å². The minimum Gasteiger partial charge on any atom is -0.478 e. The van der Waals surface area contributed by atoms with Gasteiger partial charge < -0.3 is 33.5 Å². The molecule has 46 heavy (non-hydrogen) atoms. The fraction of sp³-hybridized carbons (Fsp3) is 0.485. The molecule has 12 nitrogen and oxygen atoms in total. The largest absolute Gasteiger partial charge is 0.478 e. The van der Waals surface area contributed by atoms with Crippen LogP contribution >= 0.6 is 11.6 Å². The summed E-state index contributed by atoms with van der Waals surface area (Å²) in [5, 5.41) is 10.2. The van der Waals surface area contributed by atoms with Crippen LogP contribution in [0.1, 0.15) is 76.2 Å². The number of esters is 4. The van der Waals surface area contributed by atoms with Crippen molar-refractivity contribution in [1.29, 1.82) is 0 Å². The molecule has 13 heteroatoms. The van der Waals surface area contributed by atoms with Gasteiger partial charge in [0.25, 0.3) is 0 Å². The number of hydrogen-bond acceptors (Lipinski definition) is 11. The summed E-state index contributed by atoms with van der Waals surface area (Å²) in [6, 6.07) is 12.1. The Hall–Kier alpha value is -4.16. The Morgan fingerprint density at radius 3 is 1.98 bits per heavy atom. The molecule has 2 aliphatic rings. The van der Waals surface area contributed by atoms with Crippen LogP contribution in [0, 0.1) is 0 Å². The average Bonchev–Trinajstić information content (AvgIpc) is 3.45. The first kappa shape index (κ1) is 34.7. The molecule has 1 saturated heterocycles. The Labute approximate surface area is 271 Å². The van der Waals surface area contributed by atoms with Crippen LogP contribution in [0.5, 0.6) is 5.75 Å². The van der Waals surface area contributed by atoms with E-state index in [1.807, 2.05) is 12.1 Å². The molecule has 5 atom stereocenters. The standard InChI is InChI=1S/C33H37ClO12/c1-18(35)41-17-27-29(42-19(2)36)31(44-21(4)38)30(43-20(3)37)28(45-27)23-9-12-26(34)24(16-23)15-22-7-10-25(11-8-22)46-33(32(39)40)13-5-6-14-33/h7-12,16,27-31H,5-6,13-15,17H2,1-4H3,(H,39,40)/t27-,28+,29-,30+,31+/m1/s1. The summed E-state index contributed by atoms with van der Waals surface area (Å²) in [6.07, 6.45) is -3.11. The Morgan fingerprint density at radius 2 is 1.41 bits per heavy atom. The molecule has 4 rings (SSSR count). The quantitative estimate of drug-likeness (QED) is 0.266. The number of carbonyl (C=O) groups is 5. The van der Waals surface area contributed by atoms with Crippen molar-refractivity contribution in [3.63, 3.8) is 0 Å². The first-order chi connectivity index (χ1) is 21.8. The number of carboxylic acids is 1. The molecule has 1 heterocycles. The van der Waals surface area contributed by atoms with Gasteiger partial charge in [-0.3, -0.25) is 19.2 Å². The number of benzene rings is 2. The van der Waals surface area contributed by atoms with Crippen LogP contribution in [0.4, 0.5) is 0 Å². The van der Waals surface area contributed by atoms with E-state index in [-0.39, 0.29) is 6.61 Å². The van der Waals surface area contributed by atoms with Crippen LogP contribution < -0.4 is 4.74 Å². The highest BCUT2D eigenvalue weighted by Gasteiger charge is 2.52. The van der Waals surface area contributed by atoms with Gasteiger partial charge in [0.2, 0.25) is 5.60 Å². The number of halogens is 1. The summed E-state index contributed by atoms with van der Waals surface area (Å²) in [5.74, 6) is -3.28. The molecule has 1 saturated carbocycles. The number of carbonyl (C=O) groups excluding carboxylic acids is 4. The third-order valence-electron chi connectivity index (χ3n) is 7.82. The summed E-state index contributed by atoms with van der Waals surface area (Å²) in [6.45, 7) is 4.36. The maximum absolute atomic E-state index is 12.2. The van der Waals surface area contributed by atoms with Gasteiger partial charge in [-0.05, 0) is 67.0 Å². The summed E-state index contributed by atoms with van der Waals surface area (Å²) >= 11 is 6.59. The molecule has 2 fully saturated rings. The average molecular weight is 661 g/mol. The second-order valence-electron chi connectivity index (χ2n) is 11.4. The Morgan fingerprint density at radius 1 is 0.826 bits per heavy atom. The zero-order valence-corrected chi connectivity index (χ0v) is 26.7. The van der Waals surface area contributed by atoms with Crippen LogP contribution in [0.2, 0.25) is 5.02 Å². The highest BCUT2D eigenvalue weighted by atomic mass is 35.5. The third-order valence-corrected chi connectivity index (χ3v) is 8.19. The lowest BCUT2D eigenvalue weighted by Crippen LogP contribution is -2.59. The fourth-order valence-corrected chi connectivity index (χ4v) is 6.01. The van der Waals surface area contributed by atoms with Gasteiger partial charge in [-0.1, -0.05) is 35.9 Å². The summed E-state index contributed by atoms with van der Waals surface area (Å²) < 4.78 is 34.0. The molecule has 0 amide bonds. The molecule has 1 N–H and O–H groups in total. The Bertz CT molecular complexity index is 1450. The summed E-state index contributed by atoms with van der Waals surface area (Å²) in [5.41, 5.74) is 0.812. The first-order valence-electron chi connectivity index (χ1n) is 14.9. The fourth-order valence-electron chi connectivity index (χ4n) is 5.83. The molecule has 0 aromatic heterocycles. The van der Waals surface area contributed by atoms with Crippen molar-refractivity contribution in [2.24, 2.45) is 0 Å². The van der Waals surface area contributed by atoms with Crippen molar-refractivity contribution >= 4 is 41.4 Å². The van der Waals surface area contributed by atoms with Crippen LogP contribution in [0.3, 0.4) is 0 Å². The van der Waals surface area contributed by atoms with E-state index in [1.54, 1.807) is 30.3 Å². The molecule has 248 valence electrons. The molecule has 2 aromatic carbocycles. The van der Waals surface area contributed by atoms with E-state index in [1.165, 1.54) is 13.8 Å². The maximum Gasteiger partial charge on any atom is 0.348 e. The lowest BCUT2D eigenvalue weighted by atomic mass is 9.89. The van der Waals surface area contributed by atoms with Crippen molar-refractivity contribution in [3.05, 3.63) is 64.2 Å². The van der Waals surface area contributed by atoms with Gasteiger partial charge in [0, 0.05) is 32.7 Å². The number of carboxylic acid groups (broad SMARTS) is 1. The smallest absolute Gasteiger partial charge is 0.348 e. The second kappa shape index (κ2) is 15.0. The first-order valence-corrected chi connectivity index (χ1v) is 15.3. The van der Waals surface area contributed by atoms with E-state index in [9.17, 15) is 29.1 Å². The van der Waals surface area contributed by atoms with Gasteiger partial charge in [0.05, 0.1) is 0 Å². The van der Waals surface area contributed by atoms with E-state index in [4.69, 9.17) is 40.0 Å². The number of hydrogen-bond donors (Lipinski definition) is 1. The minimum absolute atomic E-state index is 0.341. The lowest BCUT2D eigenvalue weighted by Gasteiger charge is -2.44. The predicted molar refractivity (Wildman–Crippen MR) is 161 cm³/mol. The molecule has 1 aliphatic carbocycles. The number of ether oxygens (including phenoxy) is 6. The molecular formula is C33H37ClO12. The molecule has 1 aliphatic heterocycles. The monoisotopic (exact) mass is 660 g/mol. The van der Waals surface area contributed by atoms with Crippen molar-refractivity contribution in [2.75, 3.05) is 6.61 Å². The Balaban J connectivity index is 1.65. The van der Waals surface area contributed by atoms with Crippen LogP contribution in [0.15, 0.2) is 42.5 Å². The van der Waals surface area contributed by atoms with Gasteiger partial charge in [-0.2, -0.15) is 0 Å². The maximum atomic E-state index is 12.2. The predicted octanol–water partition coefficient (Wildman–Crippen LogP) is 4.51. The zero-order chi connectivity index (χ0) is 33.6. The van der Waals surface area contributed by atoms with Crippen molar-refractivity contribution in [3.8, 4) is 5.75 Å². The number of aliphatic carboxylic acids is 1. The van der Waals surface area contributed by atoms with Gasteiger partial charge >= 0.3 is 29.8 Å². The van der Waals surface area contributed by atoms with Crippen molar-refractivity contribution < 1.29 is 57.5 Å². The van der Waals surface area contributed by atoms with Crippen LogP contribution in [-0.2, 0) is 54.1 Å². The van der Waals surface area contributed by atoms with Gasteiger partial charge in [0.1, 0.15) is 24.6 Å². The lowest BCUT2D eigenvalue weighted by molar-refractivity contribution is -0.254. The number of rotatable bonds is 11. The molecule has 0 bridgehead atoms. The molecular weight excluding hydrogens is 624 g/mol. The van der Waals surface area contributed by atoms with Crippen molar-refractivity contribution in [2.45, 2.75) is 95.9 Å². The molecule has 0 radical (unpaired) electrons. The highest BCUT2D eigenvalue weighted by Crippen LogP contribution is 2.39. The second-order valence-corrected chi connectivity index (χ2v) is 11.8. The molecule has 0 unspecified atom stereocenters. The highest BCUT2D eigenvalue weighted by molar-refractivity contribution is 6.31.